The first-order valence-corrected chi connectivity index (χ1v) is 3.94. The molecule has 0 radical (unpaired) electrons. The van der Waals surface area contributed by atoms with Crippen molar-refractivity contribution in [1.82, 2.24) is 0 Å². The molecule has 1 rings (SSSR count). The number of halogens is 1. The second-order valence-electron chi connectivity index (χ2n) is 2.66. The maximum Gasteiger partial charge on any atom is 0.162 e. The van der Waals surface area contributed by atoms with Gasteiger partial charge in [0.2, 0.25) is 0 Å². The Morgan fingerprint density at radius 2 is 2.21 bits per heavy atom. The lowest BCUT2D eigenvalue weighted by atomic mass is 10.1. The highest BCUT2D eigenvalue weighted by Crippen LogP contribution is 2.32. The number of aromatic hydroxyl groups is 1. The maximum atomic E-state index is 9.64. The van der Waals surface area contributed by atoms with Crippen LogP contribution in [0.5, 0.6) is 11.5 Å². The van der Waals surface area contributed by atoms with E-state index in [1.807, 2.05) is 0 Å². The first-order valence-electron chi connectivity index (χ1n) is 3.94. The van der Waals surface area contributed by atoms with Crippen molar-refractivity contribution < 1.29 is 9.84 Å². The molecule has 0 saturated heterocycles. The molecule has 78 valence electrons. The van der Waals surface area contributed by atoms with Crippen LogP contribution in [0.2, 0.25) is 0 Å². The van der Waals surface area contributed by atoms with E-state index in [1.165, 1.54) is 7.11 Å². The van der Waals surface area contributed by atoms with Crippen molar-refractivity contribution in [3.8, 4) is 11.5 Å². The SMILES string of the molecule is C=C[C@@H](N)c1cccc(OC)c1O.Cl. The number of phenolic OH excluding ortho intramolecular Hbond substituents is 1. The molecule has 0 aliphatic carbocycles. The van der Waals surface area contributed by atoms with Crippen LogP contribution in [0, 0.1) is 0 Å². The van der Waals surface area contributed by atoms with E-state index >= 15 is 0 Å². The summed E-state index contributed by atoms with van der Waals surface area (Å²) in [7, 11) is 1.50. The molecule has 0 aromatic heterocycles. The van der Waals surface area contributed by atoms with Crippen LogP contribution in [0.4, 0.5) is 0 Å². The van der Waals surface area contributed by atoms with Crippen LogP contribution in [-0.2, 0) is 0 Å². The topological polar surface area (TPSA) is 55.5 Å². The molecule has 1 atom stereocenters. The van der Waals surface area contributed by atoms with E-state index in [-0.39, 0.29) is 24.2 Å². The number of methoxy groups -OCH3 is 1. The number of ether oxygens (including phenoxy) is 1. The highest BCUT2D eigenvalue weighted by atomic mass is 35.5. The summed E-state index contributed by atoms with van der Waals surface area (Å²) in [6.45, 7) is 3.56. The van der Waals surface area contributed by atoms with Gasteiger partial charge in [-0.05, 0) is 6.07 Å². The fourth-order valence-electron chi connectivity index (χ4n) is 1.10. The van der Waals surface area contributed by atoms with E-state index in [0.29, 0.717) is 11.3 Å². The molecule has 0 aliphatic rings. The molecule has 1 aromatic carbocycles. The minimum absolute atomic E-state index is 0. The first-order chi connectivity index (χ1) is 6.20. The third-order valence-electron chi connectivity index (χ3n) is 1.86. The molecule has 0 fully saturated rings. The Kier molecular flexibility index (Phi) is 5.05. The second-order valence-corrected chi connectivity index (χ2v) is 2.66. The van der Waals surface area contributed by atoms with Crippen molar-refractivity contribution in [2.75, 3.05) is 7.11 Å². The lowest BCUT2D eigenvalue weighted by molar-refractivity contribution is 0.370. The zero-order valence-electron chi connectivity index (χ0n) is 7.93. The second kappa shape index (κ2) is 5.52. The summed E-state index contributed by atoms with van der Waals surface area (Å²) < 4.78 is 4.94. The van der Waals surface area contributed by atoms with Crippen molar-refractivity contribution in [3.63, 3.8) is 0 Å². The average Bonchev–Trinajstić information content (AvgIpc) is 2.17. The molecule has 0 spiro atoms. The van der Waals surface area contributed by atoms with Gasteiger partial charge in [-0.1, -0.05) is 18.2 Å². The molecular weight excluding hydrogens is 202 g/mol. The van der Waals surface area contributed by atoms with Crippen LogP contribution in [-0.4, -0.2) is 12.2 Å². The predicted molar refractivity (Wildman–Crippen MR) is 59.0 cm³/mol. The van der Waals surface area contributed by atoms with Crippen LogP contribution in [0.25, 0.3) is 0 Å². The Morgan fingerprint density at radius 1 is 1.57 bits per heavy atom. The van der Waals surface area contributed by atoms with Crippen molar-refractivity contribution in [3.05, 3.63) is 36.4 Å². The highest BCUT2D eigenvalue weighted by molar-refractivity contribution is 5.85. The molecule has 0 heterocycles. The van der Waals surface area contributed by atoms with E-state index in [0.717, 1.165) is 0 Å². The fourth-order valence-corrected chi connectivity index (χ4v) is 1.10. The van der Waals surface area contributed by atoms with E-state index in [9.17, 15) is 5.11 Å². The van der Waals surface area contributed by atoms with Crippen molar-refractivity contribution in [1.29, 1.82) is 0 Å². The molecule has 0 saturated carbocycles. The number of hydrogen-bond donors (Lipinski definition) is 2. The Hall–Kier alpha value is -1.19. The van der Waals surface area contributed by atoms with Crippen LogP contribution >= 0.6 is 12.4 Å². The lowest BCUT2D eigenvalue weighted by Gasteiger charge is -2.11. The number of nitrogens with two attached hydrogens (primary N) is 1. The summed E-state index contributed by atoms with van der Waals surface area (Å²) in [6, 6.07) is 4.82. The minimum atomic E-state index is -0.366. The Bertz CT molecular complexity index is 315. The molecule has 0 bridgehead atoms. The molecule has 3 N–H and O–H groups in total. The highest BCUT2D eigenvalue weighted by Gasteiger charge is 2.10. The van der Waals surface area contributed by atoms with Gasteiger partial charge in [-0.3, -0.25) is 0 Å². The Morgan fingerprint density at radius 3 is 2.71 bits per heavy atom. The molecular formula is C10H14ClNO2. The number of rotatable bonds is 3. The summed E-state index contributed by atoms with van der Waals surface area (Å²) in [6.07, 6.45) is 1.56. The fraction of sp³-hybridized carbons (Fsp3) is 0.200. The summed E-state index contributed by atoms with van der Waals surface area (Å²) in [5.74, 6) is 0.507. The van der Waals surface area contributed by atoms with Crippen LogP contribution in [0.3, 0.4) is 0 Å². The van der Waals surface area contributed by atoms with Gasteiger partial charge in [-0.25, -0.2) is 0 Å². The molecule has 3 nitrogen and oxygen atoms in total. The third kappa shape index (κ3) is 2.40. The zero-order valence-corrected chi connectivity index (χ0v) is 8.75. The van der Waals surface area contributed by atoms with Gasteiger partial charge < -0.3 is 15.6 Å². The van der Waals surface area contributed by atoms with Crippen molar-refractivity contribution >= 4 is 12.4 Å². The van der Waals surface area contributed by atoms with E-state index < -0.39 is 0 Å². The monoisotopic (exact) mass is 215 g/mol. The molecule has 0 amide bonds. The van der Waals surface area contributed by atoms with Crippen LogP contribution in [0.1, 0.15) is 11.6 Å². The van der Waals surface area contributed by atoms with E-state index in [1.54, 1.807) is 24.3 Å². The lowest BCUT2D eigenvalue weighted by Crippen LogP contribution is -2.06. The molecule has 0 unspecified atom stereocenters. The van der Waals surface area contributed by atoms with Gasteiger partial charge in [0.15, 0.2) is 11.5 Å². The van der Waals surface area contributed by atoms with Gasteiger partial charge in [0.1, 0.15) is 0 Å². The van der Waals surface area contributed by atoms with Crippen molar-refractivity contribution in [2.45, 2.75) is 6.04 Å². The molecule has 14 heavy (non-hydrogen) atoms. The standard InChI is InChI=1S/C10H13NO2.ClH/c1-3-8(11)7-5-4-6-9(13-2)10(7)12;/h3-6,8,12H,1,11H2,2H3;1H/t8-;/m1./s1. The zero-order chi connectivity index (χ0) is 9.84. The van der Waals surface area contributed by atoms with E-state index in [4.69, 9.17) is 10.5 Å². The van der Waals surface area contributed by atoms with Gasteiger partial charge in [0.05, 0.1) is 13.2 Å². The number of benzene rings is 1. The number of para-hydroxylation sites is 1. The Labute approximate surface area is 89.6 Å². The van der Waals surface area contributed by atoms with Crippen LogP contribution in [0.15, 0.2) is 30.9 Å². The minimum Gasteiger partial charge on any atom is -0.504 e. The van der Waals surface area contributed by atoms with Gasteiger partial charge in [-0.2, -0.15) is 0 Å². The van der Waals surface area contributed by atoms with Gasteiger partial charge in [-0.15, -0.1) is 19.0 Å². The van der Waals surface area contributed by atoms with Gasteiger partial charge in [0.25, 0.3) is 0 Å². The molecule has 4 heteroatoms. The quantitative estimate of drug-likeness (QED) is 0.759. The van der Waals surface area contributed by atoms with Gasteiger partial charge >= 0.3 is 0 Å². The smallest absolute Gasteiger partial charge is 0.162 e. The largest absolute Gasteiger partial charge is 0.504 e. The average molecular weight is 216 g/mol. The van der Waals surface area contributed by atoms with Crippen molar-refractivity contribution in [2.24, 2.45) is 5.73 Å². The molecule has 1 aromatic rings. The Balaban J connectivity index is 0.00000169. The van der Waals surface area contributed by atoms with E-state index in [2.05, 4.69) is 6.58 Å². The predicted octanol–water partition coefficient (Wildman–Crippen LogP) is 2.01. The normalized spacial score (nSPS) is 11.3. The third-order valence-corrected chi connectivity index (χ3v) is 1.86. The first kappa shape index (κ1) is 12.8. The number of phenols is 1. The summed E-state index contributed by atoms with van der Waals surface area (Å²) in [4.78, 5) is 0. The van der Waals surface area contributed by atoms with Gasteiger partial charge in [0, 0.05) is 5.56 Å². The maximum absolute atomic E-state index is 9.64. The number of hydrogen-bond acceptors (Lipinski definition) is 3. The molecule has 0 aliphatic heterocycles. The summed E-state index contributed by atoms with van der Waals surface area (Å²) in [5, 5.41) is 9.64. The summed E-state index contributed by atoms with van der Waals surface area (Å²) >= 11 is 0. The van der Waals surface area contributed by atoms with Crippen LogP contribution < -0.4 is 10.5 Å². The summed E-state index contributed by atoms with van der Waals surface area (Å²) in [5.41, 5.74) is 6.30.